The van der Waals surface area contributed by atoms with E-state index in [2.05, 4.69) is 0 Å². The fourth-order valence-electron chi connectivity index (χ4n) is 1.70. The van der Waals surface area contributed by atoms with Gasteiger partial charge in [-0.3, -0.25) is 4.79 Å². The number of carbonyl (C=O) groups is 1. The van der Waals surface area contributed by atoms with Crippen LogP contribution in [0.25, 0.3) is 17.0 Å². The van der Waals surface area contributed by atoms with Crippen LogP contribution in [0.5, 0.6) is 0 Å². The number of ether oxygens (including phenoxy) is 1. The van der Waals surface area contributed by atoms with E-state index in [9.17, 15) is 9.59 Å². The zero-order valence-electron chi connectivity index (χ0n) is 11.7. The van der Waals surface area contributed by atoms with Crippen molar-refractivity contribution in [1.82, 2.24) is 0 Å². The second-order valence-corrected chi connectivity index (χ2v) is 5.38. The average Bonchev–Trinajstić information content (AvgIpc) is 2.36. The first kappa shape index (κ1) is 14.1. The summed E-state index contributed by atoms with van der Waals surface area (Å²) in [7, 11) is 0. The second-order valence-electron chi connectivity index (χ2n) is 5.38. The lowest BCUT2D eigenvalue weighted by atomic mass is 10.1. The highest BCUT2D eigenvalue weighted by atomic mass is 16.6. The molecule has 0 saturated carbocycles. The van der Waals surface area contributed by atoms with E-state index in [1.54, 1.807) is 45.0 Å². The number of para-hydroxylation sites is 1. The predicted octanol–water partition coefficient (Wildman–Crippen LogP) is 3.15. The maximum absolute atomic E-state index is 12.2. The lowest BCUT2D eigenvalue weighted by molar-refractivity contribution is -0.148. The number of esters is 1. The number of benzene rings is 1. The second kappa shape index (κ2) is 5.33. The molecule has 4 heteroatoms. The molecule has 1 aromatic carbocycles. The first-order chi connectivity index (χ1) is 9.37. The van der Waals surface area contributed by atoms with Gasteiger partial charge in [0.05, 0.1) is 10.9 Å². The molecule has 0 bridgehead atoms. The highest BCUT2D eigenvalue weighted by Gasteiger charge is 2.14. The van der Waals surface area contributed by atoms with Gasteiger partial charge >= 0.3 is 5.97 Å². The summed E-state index contributed by atoms with van der Waals surface area (Å²) in [4.78, 5) is 23.7. The Balaban J connectivity index is 2.29. The minimum absolute atomic E-state index is 0.174. The van der Waals surface area contributed by atoms with Gasteiger partial charge in [0.25, 0.3) is 0 Å². The minimum Gasteiger partial charge on any atom is -0.463 e. The van der Waals surface area contributed by atoms with Crippen LogP contribution >= 0.6 is 0 Å². The number of carbonyl (C=O) groups excluding carboxylic acids is 1. The molecule has 1 heterocycles. The maximum Gasteiger partial charge on any atom is 0.331 e. The SMILES string of the molecule is CC(C)(C)OC(=O)/C=C/c1coc2ccccc2c1=O. The van der Waals surface area contributed by atoms with E-state index in [1.807, 2.05) is 0 Å². The van der Waals surface area contributed by atoms with E-state index in [-0.39, 0.29) is 5.43 Å². The third-order valence-corrected chi connectivity index (χ3v) is 2.51. The highest BCUT2D eigenvalue weighted by Crippen LogP contribution is 2.12. The molecule has 0 aliphatic heterocycles. The van der Waals surface area contributed by atoms with Gasteiger partial charge in [-0.2, -0.15) is 0 Å². The van der Waals surface area contributed by atoms with Crippen LogP contribution in [-0.2, 0) is 9.53 Å². The van der Waals surface area contributed by atoms with Crippen LogP contribution in [0.1, 0.15) is 26.3 Å². The summed E-state index contributed by atoms with van der Waals surface area (Å²) in [6.07, 6.45) is 3.98. The molecule has 0 fully saturated rings. The lowest BCUT2D eigenvalue weighted by Gasteiger charge is -2.17. The smallest absolute Gasteiger partial charge is 0.331 e. The van der Waals surface area contributed by atoms with Crippen LogP contribution in [0.4, 0.5) is 0 Å². The summed E-state index contributed by atoms with van der Waals surface area (Å²) >= 11 is 0. The Morgan fingerprint density at radius 3 is 2.65 bits per heavy atom. The summed E-state index contributed by atoms with van der Waals surface area (Å²) in [5, 5.41) is 0.485. The topological polar surface area (TPSA) is 56.5 Å². The van der Waals surface area contributed by atoms with Crippen LogP contribution in [0.2, 0.25) is 0 Å². The van der Waals surface area contributed by atoms with E-state index in [4.69, 9.17) is 9.15 Å². The summed E-state index contributed by atoms with van der Waals surface area (Å²) in [6.45, 7) is 5.34. The molecule has 0 aliphatic rings. The number of fused-ring (bicyclic) bond motifs is 1. The third kappa shape index (κ3) is 3.35. The normalized spacial score (nSPS) is 11.9. The van der Waals surface area contributed by atoms with Gasteiger partial charge in [-0.15, -0.1) is 0 Å². The molecule has 4 nitrogen and oxygen atoms in total. The molecule has 0 saturated heterocycles. The molecular weight excluding hydrogens is 256 g/mol. The Hall–Kier alpha value is -2.36. The summed E-state index contributed by atoms with van der Waals surface area (Å²) in [6, 6.07) is 6.96. The van der Waals surface area contributed by atoms with Crippen LogP contribution < -0.4 is 5.43 Å². The standard InChI is InChI=1S/C16H16O4/c1-16(2,3)20-14(17)9-8-11-10-19-13-7-5-4-6-12(13)15(11)18/h4-10H,1-3H3/b9-8+. The van der Waals surface area contributed by atoms with Crippen molar-refractivity contribution in [2.45, 2.75) is 26.4 Å². The van der Waals surface area contributed by atoms with E-state index in [1.165, 1.54) is 18.4 Å². The first-order valence-electron chi connectivity index (χ1n) is 6.28. The molecule has 0 unspecified atom stereocenters. The van der Waals surface area contributed by atoms with Crippen molar-refractivity contribution in [3.05, 3.63) is 52.4 Å². The number of hydrogen-bond donors (Lipinski definition) is 0. The molecule has 0 radical (unpaired) electrons. The number of hydrogen-bond acceptors (Lipinski definition) is 4. The van der Waals surface area contributed by atoms with E-state index >= 15 is 0 Å². The zero-order valence-corrected chi connectivity index (χ0v) is 11.7. The van der Waals surface area contributed by atoms with Crippen molar-refractivity contribution in [2.24, 2.45) is 0 Å². The Morgan fingerprint density at radius 2 is 1.95 bits per heavy atom. The fraction of sp³-hybridized carbons (Fsp3) is 0.250. The fourth-order valence-corrected chi connectivity index (χ4v) is 1.70. The quantitative estimate of drug-likeness (QED) is 0.622. The molecule has 0 amide bonds. The molecule has 104 valence electrons. The molecule has 1 aromatic heterocycles. The van der Waals surface area contributed by atoms with Gasteiger partial charge in [0.1, 0.15) is 17.4 Å². The van der Waals surface area contributed by atoms with Gasteiger partial charge in [0.15, 0.2) is 5.43 Å². The van der Waals surface area contributed by atoms with Crippen molar-refractivity contribution in [3.63, 3.8) is 0 Å². The van der Waals surface area contributed by atoms with Crippen molar-refractivity contribution < 1.29 is 13.9 Å². The molecule has 0 aliphatic carbocycles. The van der Waals surface area contributed by atoms with Crippen LogP contribution in [0.3, 0.4) is 0 Å². The van der Waals surface area contributed by atoms with Crippen molar-refractivity contribution in [1.29, 1.82) is 0 Å². The summed E-state index contributed by atoms with van der Waals surface area (Å²) in [5.41, 5.74) is 0.100. The molecule has 0 atom stereocenters. The predicted molar refractivity (Wildman–Crippen MR) is 77.4 cm³/mol. The van der Waals surface area contributed by atoms with Crippen LogP contribution in [0.15, 0.2) is 45.8 Å². The molecule has 2 aromatic rings. The minimum atomic E-state index is -0.560. The number of rotatable bonds is 2. The summed E-state index contributed by atoms with van der Waals surface area (Å²) in [5.74, 6) is -0.495. The van der Waals surface area contributed by atoms with Crippen molar-refractivity contribution in [2.75, 3.05) is 0 Å². The molecular formula is C16H16O4. The largest absolute Gasteiger partial charge is 0.463 e. The molecule has 20 heavy (non-hydrogen) atoms. The molecule has 0 spiro atoms. The maximum atomic E-state index is 12.2. The lowest BCUT2D eigenvalue weighted by Crippen LogP contribution is -2.22. The van der Waals surface area contributed by atoms with Gasteiger partial charge in [-0.25, -0.2) is 4.79 Å². The molecule has 2 rings (SSSR count). The average molecular weight is 272 g/mol. The van der Waals surface area contributed by atoms with E-state index in [0.29, 0.717) is 16.5 Å². The van der Waals surface area contributed by atoms with Gasteiger partial charge in [0, 0.05) is 6.08 Å². The van der Waals surface area contributed by atoms with Gasteiger partial charge in [0.2, 0.25) is 0 Å². The highest BCUT2D eigenvalue weighted by molar-refractivity contribution is 5.88. The third-order valence-electron chi connectivity index (χ3n) is 2.51. The van der Waals surface area contributed by atoms with Gasteiger partial charge < -0.3 is 9.15 Å². The zero-order chi connectivity index (χ0) is 14.8. The van der Waals surface area contributed by atoms with E-state index < -0.39 is 11.6 Å². The Labute approximate surface area is 116 Å². The van der Waals surface area contributed by atoms with Gasteiger partial charge in [-0.05, 0) is 39.0 Å². The summed E-state index contributed by atoms with van der Waals surface area (Å²) < 4.78 is 10.5. The van der Waals surface area contributed by atoms with E-state index in [0.717, 1.165) is 0 Å². The first-order valence-corrected chi connectivity index (χ1v) is 6.28. The monoisotopic (exact) mass is 272 g/mol. The Morgan fingerprint density at radius 1 is 1.25 bits per heavy atom. The Bertz CT molecular complexity index is 717. The van der Waals surface area contributed by atoms with Gasteiger partial charge in [-0.1, -0.05) is 12.1 Å². The molecule has 0 N–H and O–H groups in total. The van der Waals surface area contributed by atoms with Crippen molar-refractivity contribution in [3.8, 4) is 0 Å². The van der Waals surface area contributed by atoms with Crippen LogP contribution in [-0.4, -0.2) is 11.6 Å². The van der Waals surface area contributed by atoms with Crippen LogP contribution in [0, 0.1) is 0 Å². The Kier molecular flexibility index (Phi) is 3.74. The van der Waals surface area contributed by atoms with Crippen molar-refractivity contribution >= 4 is 23.0 Å².